The molecule has 0 spiro atoms. The van der Waals surface area contributed by atoms with Crippen LogP contribution in [0.15, 0.2) is 18.3 Å². The summed E-state index contributed by atoms with van der Waals surface area (Å²) in [5.74, 6) is 0.421. The normalized spacial score (nSPS) is 9.93. The second-order valence-electron chi connectivity index (χ2n) is 2.70. The van der Waals surface area contributed by atoms with Gasteiger partial charge < -0.3 is 9.47 Å². The second-order valence-corrected chi connectivity index (χ2v) is 2.70. The number of alkyl halides is 1. The lowest BCUT2D eigenvalue weighted by atomic mass is 10.3. The first kappa shape index (κ1) is 11.6. The van der Waals surface area contributed by atoms with E-state index >= 15 is 0 Å². The number of ether oxygens (including phenoxy) is 2. The summed E-state index contributed by atoms with van der Waals surface area (Å²) >= 11 is 0. The van der Waals surface area contributed by atoms with Crippen LogP contribution in [-0.2, 0) is 4.74 Å². The Morgan fingerprint density at radius 3 is 2.80 bits per heavy atom. The Morgan fingerprint density at radius 2 is 2.20 bits per heavy atom. The highest BCUT2D eigenvalue weighted by Gasteiger charge is 1.95. The molecule has 4 nitrogen and oxygen atoms in total. The van der Waals surface area contributed by atoms with Crippen molar-refractivity contribution in [2.75, 3.05) is 26.5 Å². The monoisotopic (exact) mass is 212 g/mol. The highest BCUT2D eigenvalue weighted by molar-refractivity contribution is 5.73. The van der Waals surface area contributed by atoms with Crippen LogP contribution in [0.3, 0.4) is 0 Å². The molecule has 0 fully saturated rings. The largest absolute Gasteiger partial charge is 0.475 e. The molecule has 0 aliphatic rings. The van der Waals surface area contributed by atoms with Gasteiger partial charge in [0.15, 0.2) is 6.29 Å². The molecular weight excluding hydrogens is 200 g/mol. The van der Waals surface area contributed by atoms with Gasteiger partial charge in [-0.1, -0.05) is 0 Å². The Morgan fingerprint density at radius 1 is 1.33 bits per heavy atom. The Balaban J connectivity index is 2.22. The minimum atomic E-state index is -0.494. The number of pyridine rings is 1. The zero-order chi connectivity index (χ0) is 10.9. The quantitative estimate of drug-likeness (QED) is 0.504. The highest BCUT2D eigenvalue weighted by atomic mass is 18.2. The molecule has 0 radical (unpaired) electrons. The maximum absolute atomic E-state index is 11.6. The average Bonchev–Trinajstić information content (AvgIpc) is 2.30. The van der Waals surface area contributed by atoms with Crippen LogP contribution in [0.4, 0.5) is 4.39 Å². The number of halogens is 1. The lowest BCUT2D eigenvalue weighted by Gasteiger charge is -2.04. The standard InChI is InChI=1S/C10H12FNO3/c11-3-4-14-5-6-15-10-2-1-9(8-13)7-12-10/h1-2,7-8H,3-6H2/i11-1. The predicted octanol–water partition coefficient (Wildman–Crippen LogP) is 1.26. The van der Waals surface area contributed by atoms with E-state index in [0.717, 1.165) is 0 Å². The number of nitrogens with zero attached hydrogens (tertiary/aromatic N) is 1. The Labute approximate surface area is 87.0 Å². The molecule has 0 bridgehead atoms. The van der Waals surface area contributed by atoms with Crippen LogP contribution in [0.2, 0.25) is 0 Å². The van der Waals surface area contributed by atoms with Crippen LogP contribution in [0.1, 0.15) is 10.4 Å². The molecule has 0 amide bonds. The molecule has 0 saturated carbocycles. The van der Waals surface area contributed by atoms with E-state index in [1.807, 2.05) is 0 Å². The lowest BCUT2D eigenvalue weighted by molar-refractivity contribution is 0.0883. The smallest absolute Gasteiger partial charge is 0.213 e. The molecule has 1 aromatic heterocycles. The van der Waals surface area contributed by atoms with E-state index in [-0.39, 0.29) is 6.61 Å². The van der Waals surface area contributed by atoms with Crippen molar-refractivity contribution in [2.24, 2.45) is 0 Å². The fourth-order valence-corrected chi connectivity index (χ4v) is 0.909. The summed E-state index contributed by atoms with van der Waals surface area (Å²) in [7, 11) is 0. The third-order valence-electron chi connectivity index (χ3n) is 1.59. The van der Waals surface area contributed by atoms with Gasteiger partial charge in [-0.3, -0.25) is 4.79 Å². The van der Waals surface area contributed by atoms with Gasteiger partial charge in [0.05, 0.1) is 13.2 Å². The van der Waals surface area contributed by atoms with E-state index in [0.29, 0.717) is 30.9 Å². The fraction of sp³-hybridized carbons (Fsp3) is 0.400. The van der Waals surface area contributed by atoms with E-state index in [2.05, 4.69) is 4.98 Å². The van der Waals surface area contributed by atoms with Crippen molar-refractivity contribution in [1.29, 1.82) is 0 Å². The van der Waals surface area contributed by atoms with Gasteiger partial charge in [0, 0.05) is 17.8 Å². The van der Waals surface area contributed by atoms with Gasteiger partial charge in [-0.25, -0.2) is 9.37 Å². The third kappa shape index (κ3) is 4.51. The Hall–Kier alpha value is -1.49. The topological polar surface area (TPSA) is 48.4 Å². The van der Waals surface area contributed by atoms with Crippen LogP contribution >= 0.6 is 0 Å². The summed E-state index contributed by atoms with van der Waals surface area (Å²) in [6.07, 6.45) is 2.13. The van der Waals surface area contributed by atoms with Gasteiger partial charge in [0.1, 0.15) is 13.3 Å². The number of aromatic nitrogens is 1. The van der Waals surface area contributed by atoms with Gasteiger partial charge in [-0.2, -0.15) is 0 Å². The van der Waals surface area contributed by atoms with Gasteiger partial charge in [0.25, 0.3) is 0 Å². The van der Waals surface area contributed by atoms with E-state index in [1.165, 1.54) is 6.20 Å². The highest BCUT2D eigenvalue weighted by Crippen LogP contribution is 2.05. The summed E-state index contributed by atoms with van der Waals surface area (Å²) in [5.41, 5.74) is 0.496. The van der Waals surface area contributed by atoms with Gasteiger partial charge >= 0.3 is 0 Å². The maximum atomic E-state index is 11.6. The van der Waals surface area contributed by atoms with Crippen LogP contribution in [-0.4, -0.2) is 37.8 Å². The fourth-order valence-electron chi connectivity index (χ4n) is 0.909. The molecule has 0 unspecified atom stereocenters. The van der Waals surface area contributed by atoms with Crippen molar-refractivity contribution >= 4 is 6.29 Å². The molecule has 15 heavy (non-hydrogen) atoms. The number of carbonyl (C=O) groups excluding carboxylic acids is 1. The molecular formula is C10H12FNO3. The first-order chi connectivity index (χ1) is 7.36. The molecule has 0 atom stereocenters. The summed E-state index contributed by atoms with van der Waals surface area (Å²) in [6.45, 7) is 0.224. The molecule has 5 heteroatoms. The molecule has 1 heterocycles. The maximum Gasteiger partial charge on any atom is 0.213 e. The van der Waals surface area contributed by atoms with Crippen LogP contribution < -0.4 is 4.74 Å². The van der Waals surface area contributed by atoms with Crippen molar-refractivity contribution < 1.29 is 18.7 Å². The van der Waals surface area contributed by atoms with E-state index in [9.17, 15) is 9.18 Å². The number of hydrogen-bond acceptors (Lipinski definition) is 4. The van der Waals surface area contributed by atoms with Crippen molar-refractivity contribution in [3.63, 3.8) is 0 Å². The second kappa shape index (κ2) is 6.89. The van der Waals surface area contributed by atoms with Crippen LogP contribution in [0, 0.1) is 0 Å². The minimum absolute atomic E-state index is 0.0842. The lowest BCUT2D eigenvalue weighted by Crippen LogP contribution is -2.08. The van der Waals surface area contributed by atoms with Crippen LogP contribution in [0.25, 0.3) is 0 Å². The first-order valence-electron chi connectivity index (χ1n) is 4.54. The van der Waals surface area contributed by atoms with E-state index in [4.69, 9.17) is 9.47 Å². The van der Waals surface area contributed by atoms with Crippen LogP contribution in [0.5, 0.6) is 5.88 Å². The SMILES string of the molecule is O=Cc1ccc(OCCOCC[18F])nc1. The van der Waals surface area contributed by atoms with Crippen molar-refractivity contribution in [1.82, 2.24) is 4.98 Å². The van der Waals surface area contributed by atoms with E-state index < -0.39 is 6.67 Å². The van der Waals surface area contributed by atoms with Gasteiger partial charge in [-0.15, -0.1) is 0 Å². The van der Waals surface area contributed by atoms with Crippen molar-refractivity contribution in [3.8, 4) is 5.88 Å². The van der Waals surface area contributed by atoms with Gasteiger partial charge in [-0.05, 0) is 6.07 Å². The first-order valence-corrected chi connectivity index (χ1v) is 4.54. The van der Waals surface area contributed by atoms with Gasteiger partial charge in [0.2, 0.25) is 5.88 Å². The van der Waals surface area contributed by atoms with Crippen molar-refractivity contribution in [3.05, 3.63) is 23.9 Å². The number of carbonyl (C=O) groups is 1. The molecule has 0 saturated heterocycles. The molecule has 1 aromatic rings. The van der Waals surface area contributed by atoms with E-state index in [1.54, 1.807) is 12.1 Å². The molecule has 0 aliphatic heterocycles. The zero-order valence-corrected chi connectivity index (χ0v) is 8.19. The molecule has 82 valence electrons. The minimum Gasteiger partial charge on any atom is -0.475 e. The molecule has 0 aliphatic carbocycles. The molecule has 0 aromatic carbocycles. The summed E-state index contributed by atoms with van der Waals surface area (Å²) in [4.78, 5) is 14.2. The Kier molecular flexibility index (Phi) is 5.32. The van der Waals surface area contributed by atoms with Crippen molar-refractivity contribution in [2.45, 2.75) is 0 Å². The Bertz CT molecular complexity index is 289. The number of aldehydes is 1. The summed E-state index contributed by atoms with van der Waals surface area (Å²) < 4.78 is 21.7. The predicted molar refractivity (Wildman–Crippen MR) is 51.9 cm³/mol. The summed E-state index contributed by atoms with van der Waals surface area (Å²) in [6, 6.07) is 3.21. The number of hydrogen-bond donors (Lipinski definition) is 0. The third-order valence-corrected chi connectivity index (χ3v) is 1.59. The zero-order valence-electron chi connectivity index (χ0n) is 8.19. The molecule has 1 rings (SSSR count). The molecule has 0 N–H and O–H groups in total. The summed E-state index contributed by atoms with van der Waals surface area (Å²) in [5, 5.41) is 0. The number of rotatable bonds is 7. The average molecular weight is 212 g/mol.